The van der Waals surface area contributed by atoms with Crippen LogP contribution in [-0.4, -0.2) is 0 Å². The third-order valence-electron chi connectivity index (χ3n) is 2.99. The molecular weight excluding hydrogens is 238 g/mol. The lowest BCUT2D eigenvalue weighted by molar-refractivity contribution is -0.642. The molecule has 0 saturated heterocycles. The van der Waals surface area contributed by atoms with E-state index in [2.05, 4.69) is 72.3 Å². The van der Waals surface area contributed by atoms with E-state index in [0.717, 1.165) is 0 Å². The van der Waals surface area contributed by atoms with Gasteiger partial charge < -0.3 is 0 Å². The zero-order valence-corrected chi connectivity index (χ0v) is 11.0. The Hall–Kier alpha value is -1.93. The third-order valence-corrected chi connectivity index (χ3v) is 4.17. The Bertz CT molecular complexity index is 695. The Morgan fingerprint density at radius 3 is 2.39 bits per heavy atom. The zero-order chi connectivity index (χ0) is 12.4. The summed E-state index contributed by atoms with van der Waals surface area (Å²) < 4.78 is 3.56. The van der Waals surface area contributed by atoms with Gasteiger partial charge in [-0.2, -0.15) is 4.57 Å². The second-order valence-electron chi connectivity index (χ2n) is 4.21. The van der Waals surface area contributed by atoms with Crippen LogP contribution in [0.2, 0.25) is 0 Å². The van der Waals surface area contributed by atoms with Gasteiger partial charge in [-0.25, -0.2) is 0 Å². The van der Waals surface area contributed by atoms with Gasteiger partial charge in [-0.3, -0.25) is 0 Å². The van der Waals surface area contributed by atoms with Crippen LogP contribution in [0.3, 0.4) is 0 Å². The Labute approximate surface area is 111 Å². The third kappa shape index (κ3) is 2.07. The molecule has 0 saturated carbocycles. The molecule has 0 radical (unpaired) electrons. The summed E-state index contributed by atoms with van der Waals surface area (Å²) in [4.78, 5) is 0. The van der Waals surface area contributed by atoms with Crippen molar-refractivity contribution in [1.82, 2.24) is 0 Å². The van der Waals surface area contributed by atoms with Crippen molar-refractivity contribution in [2.75, 3.05) is 0 Å². The number of hydrogen-bond donors (Lipinski definition) is 0. The maximum Gasteiger partial charge on any atom is 0.262 e. The molecule has 3 rings (SSSR count). The number of aromatic nitrogens is 1. The highest BCUT2D eigenvalue weighted by Crippen LogP contribution is 2.21. The van der Waals surface area contributed by atoms with Gasteiger partial charge in [0.1, 0.15) is 11.7 Å². The molecule has 0 atom stereocenters. The fourth-order valence-electron chi connectivity index (χ4n) is 2.00. The lowest BCUT2D eigenvalue weighted by Crippen LogP contribution is -2.28. The number of thiazole rings is 1. The highest BCUT2D eigenvalue weighted by atomic mass is 32.1. The summed E-state index contributed by atoms with van der Waals surface area (Å²) in [6, 6.07) is 18.9. The van der Waals surface area contributed by atoms with Gasteiger partial charge in [0.2, 0.25) is 5.52 Å². The highest BCUT2D eigenvalue weighted by molar-refractivity contribution is 7.18. The van der Waals surface area contributed by atoms with E-state index < -0.39 is 0 Å². The second-order valence-corrected chi connectivity index (χ2v) is 5.27. The molecule has 1 heterocycles. The van der Waals surface area contributed by atoms with Gasteiger partial charge >= 0.3 is 0 Å². The van der Waals surface area contributed by atoms with Crippen LogP contribution in [0.1, 0.15) is 10.6 Å². The van der Waals surface area contributed by atoms with Gasteiger partial charge in [-0.05, 0) is 17.7 Å². The molecule has 2 heteroatoms. The van der Waals surface area contributed by atoms with E-state index in [1.54, 1.807) is 0 Å². The van der Waals surface area contributed by atoms with E-state index in [1.165, 1.54) is 20.8 Å². The molecule has 0 spiro atoms. The van der Waals surface area contributed by atoms with E-state index in [-0.39, 0.29) is 0 Å². The van der Waals surface area contributed by atoms with Crippen molar-refractivity contribution >= 4 is 33.7 Å². The molecule has 2 aromatic carbocycles. The summed E-state index contributed by atoms with van der Waals surface area (Å²) >= 11 is 1.82. The molecule has 0 unspecified atom stereocenters. The van der Waals surface area contributed by atoms with Crippen LogP contribution >= 0.6 is 11.3 Å². The van der Waals surface area contributed by atoms with Crippen LogP contribution in [0, 0.1) is 0 Å². The van der Waals surface area contributed by atoms with Gasteiger partial charge in [0.15, 0.2) is 0 Å². The highest BCUT2D eigenvalue weighted by Gasteiger charge is 2.12. The van der Waals surface area contributed by atoms with E-state index in [0.29, 0.717) is 0 Å². The molecule has 3 aromatic rings. The zero-order valence-electron chi connectivity index (χ0n) is 10.2. The van der Waals surface area contributed by atoms with E-state index in [4.69, 9.17) is 0 Å². The number of aryl methyl sites for hydroxylation is 1. The molecule has 1 aromatic heterocycles. The molecule has 0 fully saturated rings. The van der Waals surface area contributed by atoms with Gasteiger partial charge in [0, 0.05) is 12.1 Å². The van der Waals surface area contributed by atoms with Crippen molar-refractivity contribution in [2.45, 2.75) is 0 Å². The van der Waals surface area contributed by atoms with Gasteiger partial charge in [0.25, 0.3) is 5.01 Å². The molecule has 0 amide bonds. The largest absolute Gasteiger partial charge is 0.262 e. The minimum Gasteiger partial charge on any atom is -0.185 e. The summed E-state index contributed by atoms with van der Waals surface area (Å²) in [5.74, 6) is 0. The molecule has 0 bridgehead atoms. The maximum absolute atomic E-state index is 2.24. The molecular formula is C16H14NS+. The topological polar surface area (TPSA) is 3.88 Å². The van der Waals surface area contributed by atoms with Crippen molar-refractivity contribution in [3.8, 4) is 0 Å². The predicted molar refractivity (Wildman–Crippen MR) is 78.4 cm³/mol. The minimum absolute atomic E-state index is 1.23. The number of nitrogens with zero attached hydrogens (tertiary/aromatic N) is 1. The van der Waals surface area contributed by atoms with Crippen LogP contribution < -0.4 is 4.57 Å². The molecule has 18 heavy (non-hydrogen) atoms. The first-order valence-corrected chi connectivity index (χ1v) is 6.77. The number of benzene rings is 2. The predicted octanol–water partition coefficient (Wildman–Crippen LogP) is 3.90. The molecule has 1 nitrogen and oxygen atoms in total. The quantitative estimate of drug-likeness (QED) is 0.609. The summed E-state index contributed by atoms with van der Waals surface area (Å²) in [6.07, 6.45) is 4.34. The summed E-state index contributed by atoms with van der Waals surface area (Å²) in [7, 11) is 2.11. The average molecular weight is 252 g/mol. The van der Waals surface area contributed by atoms with Crippen LogP contribution in [0.25, 0.3) is 22.4 Å². The van der Waals surface area contributed by atoms with E-state index >= 15 is 0 Å². The maximum atomic E-state index is 2.24. The first kappa shape index (κ1) is 11.2. The smallest absolute Gasteiger partial charge is 0.185 e. The Morgan fingerprint density at radius 1 is 0.889 bits per heavy atom. The number of fused-ring (bicyclic) bond motifs is 1. The lowest BCUT2D eigenvalue weighted by Gasteiger charge is -1.89. The van der Waals surface area contributed by atoms with Crippen molar-refractivity contribution in [3.05, 3.63) is 65.2 Å². The summed E-state index contributed by atoms with van der Waals surface area (Å²) in [6.45, 7) is 0. The average Bonchev–Trinajstić information content (AvgIpc) is 2.75. The Balaban J connectivity index is 2.00. The molecule has 0 N–H and O–H groups in total. The van der Waals surface area contributed by atoms with E-state index in [9.17, 15) is 0 Å². The van der Waals surface area contributed by atoms with Crippen molar-refractivity contribution < 1.29 is 4.57 Å². The van der Waals surface area contributed by atoms with E-state index in [1.807, 2.05) is 17.4 Å². The monoisotopic (exact) mass is 252 g/mol. The molecule has 88 valence electrons. The molecule has 0 aliphatic carbocycles. The van der Waals surface area contributed by atoms with Crippen LogP contribution in [-0.2, 0) is 7.05 Å². The number of hydrogen-bond acceptors (Lipinski definition) is 1. The molecule has 0 aliphatic heterocycles. The van der Waals surface area contributed by atoms with Crippen LogP contribution in [0.4, 0.5) is 0 Å². The summed E-state index contributed by atoms with van der Waals surface area (Å²) in [5.41, 5.74) is 2.52. The minimum atomic E-state index is 1.23. The van der Waals surface area contributed by atoms with Crippen molar-refractivity contribution in [1.29, 1.82) is 0 Å². The number of para-hydroxylation sites is 1. The van der Waals surface area contributed by atoms with Crippen LogP contribution in [0.15, 0.2) is 54.6 Å². The van der Waals surface area contributed by atoms with Gasteiger partial charge in [-0.1, -0.05) is 53.8 Å². The SMILES string of the molecule is C[n+]1c(/C=C\c2ccccc2)sc2ccccc21. The van der Waals surface area contributed by atoms with Crippen LogP contribution in [0.5, 0.6) is 0 Å². The Morgan fingerprint density at radius 2 is 1.61 bits per heavy atom. The lowest BCUT2D eigenvalue weighted by atomic mass is 10.2. The Kier molecular flexibility index (Phi) is 2.95. The fourth-order valence-corrected chi connectivity index (χ4v) is 3.05. The normalized spacial score (nSPS) is 11.4. The van der Waals surface area contributed by atoms with Gasteiger partial charge in [0.05, 0.1) is 0 Å². The van der Waals surface area contributed by atoms with Crippen molar-refractivity contribution in [3.63, 3.8) is 0 Å². The fraction of sp³-hybridized carbons (Fsp3) is 0.0625. The van der Waals surface area contributed by atoms with Gasteiger partial charge in [-0.15, -0.1) is 0 Å². The standard InChI is InChI=1S/C16H14NS/c1-17-14-9-5-6-10-15(14)18-16(17)12-11-13-7-3-2-4-8-13/h2-12H,1H3/q+1/b12-11-. The molecule has 0 aliphatic rings. The number of rotatable bonds is 2. The van der Waals surface area contributed by atoms with Crippen molar-refractivity contribution in [2.24, 2.45) is 7.05 Å². The first-order valence-electron chi connectivity index (χ1n) is 5.95. The summed E-state index contributed by atoms with van der Waals surface area (Å²) in [5, 5.41) is 1.26. The first-order chi connectivity index (χ1) is 8.84. The second kappa shape index (κ2) is 4.75.